The van der Waals surface area contributed by atoms with Crippen LogP contribution in [0.25, 0.3) is 0 Å². The molecule has 0 spiro atoms. The molecule has 147 heavy (non-hydrogen) atoms. The second kappa shape index (κ2) is 86.0. The van der Waals surface area contributed by atoms with Crippen molar-refractivity contribution in [2.75, 3.05) is 181 Å². The lowest BCUT2D eigenvalue weighted by Crippen LogP contribution is -2.41. The van der Waals surface area contributed by atoms with Crippen molar-refractivity contribution in [3.63, 3.8) is 0 Å². The number of alkyl halides is 1. The maximum absolute atomic E-state index is 12.0. The van der Waals surface area contributed by atoms with Crippen LogP contribution in [0.4, 0.5) is 9.18 Å². The highest BCUT2D eigenvalue weighted by Crippen LogP contribution is 2.33. The van der Waals surface area contributed by atoms with Gasteiger partial charge in [-0.05, 0) is 402 Å². The van der Waals surface area contributed by atoms with Crippen LogP contribution in [0.1, 0.15) is 405 Å². The molecule has 1 aromatic carbocycles. The average Bonchev–Trinajstić information content (AvgIpc) is 1.63. The number of halogens is 1. The summed E-state index contributed by atoms with van der Waals surface area (Å²) >= 11 is 0. The maximum atomic E-state index is 12.0. The molecule has 12 heterocycles. The lowest BCUT2D eigenvalue weighted by Gasteiger charge is -2.34. The number of nitrogens with zero attached hydrogens (tertiary/aromatic N) is 10. The first-order valence-electron chi connectivity index (χ1n) is 60.1. The molecule has 19 nitrogen and oxygen atoms in total. The molecule has 20 heteroatoms. The number of ether oxygens (including phenoxy) is 3. The van der Waals surface area contributed by atoms with E-state index in [9.17, 15) is 18.8 Å². The summed E-state index contributed by atoms with van der Waals surface area (Å²) in [6, 6.07) is 15.9. The number of piperidine rings is 4. The number of rotatable bonds is 19. The van der Waals surface area contributed by atoms with Crippen molar-refractivity contribution < 1.29 is 33.0 Å². The van der Waals surface area contributed by atoms with Gasteiger partial charge < -0.3 is 79.2 Å². The minimum absolute atomic E-state index is 0. The standard InChI is InChI=1S/C16H23NO2.5C9H19N.4C8H17N.C8H16O.C7H14O.C6H14FN.C6H13NO.C5H11NO.2CH4/c1-13(2)15-9-6-10-17(11-15)16(18)19-12-14-7-4-3-5-8-14;3*1-7(2)9-5-8(3)6-10(9)4;1-8(2)9-4-6-10(3)7-5-9;1-8(2)9-5-4-6-10(3)7-9;3*1-7(2)8-5-4-6-9(8)3;1-7(2)8-4-3-5-9-6-8;1-7(2)8-3-5-9-6-4-8;1-6(2)7-4-3-5-8-7;1-5(2)8-4-6(3)7;1-5(2)7(4)6(3)8;1-4(2)6-5(3)7;;/h3-5,7-8,13,15H,6,9-12H2,1-2H3;3*7-9H,5-6H2,1-4H3;2*8-9H,4-7H2,1-3H3;3*7-8H,4-6H2,1-3H3;7-9H,3-6H2,1-2H3;7-8H,3-6H2,1-2H3;6-7H,3-5H2,1-2H3;5-6,8H,4H2,1-3H3;5H,1-4H3;4H,1-3H3,(H,6,7);2*1H4/t;2*8-,9-;;;;2*8-;;;;;;;;;/m.10...10........./s1. The molecule has 12 saturated heterocycles. The summed E-state index contributed by atoms with van der Waals surface area (Å²) in [5.74, 6) is 17.2. The predicted molar refractivity (Wildman–Crippen MR) is 645 cm³/mol. The normalized spacial score (nSPS) is 25.5. The summed E-state index contributed by atoms with van der Waals surface area (Å²) in [6.45, 7) is 99.8. The number of carbonyl (C=O) groups is 3. The van der Waals surface area contributed by atoms with Crippen LogP contribution in [0.2, 0.25) is 0 Å². The topological polar surface area (TPSA) is 147 Å². The monoisotopic (exact) mass is 2090 g/mol. The van der Waals surface area contributed by atoms with Gasteiger partial charge in [0.25, 0.3) is 0 Å². The molecule has 12 aliphatic heterocycles. The fourth-order valence-electron chi connectivity index (χ4n) is 22.7. The summed E-state index contributed by atoms with van der Waals surface area (Å²) in [5.41, 5.74) is 1.04. The first-order valence-corrected chi connectivity index (χ1v) is 60.1. The van der Waals surface area contributed by atoms with Crippen molar-refractivity contribution in [3.8, 4) is 0 Å². The molecular formula is C127H262FN13O6. The fourth-order valence-corrected chi connectivity index (χ4v) is 22.7. The Bertz CT molecular complexity index is 3010. The first-order chi connectivity index (χ1) is 67.8. The molecule has 8 unspecified atom stereocenters. The Morgan fingerprint density at radius 1 is 0.395 bits per heavy atom. The van der Waals surface area contributed by atoms with Gasteiger partial charge in [0, 0.05) is 141 Å². The van der Waals surface area contributed by atoms with E-state index in [1.54, 1.807) is 25.8 Å². The van der Waals surface area contributed by atoms with Crippen LogP contribution >= 0.6 is 0 Å². The van der Waals surface area contributed by atoms with Crippen molar-refractivity contribution in [1.82, 2.24) is 64.9 Å². The van der Waals surface area contributed by atoms with Gasteiger partial charge in [-0.1, -0.05) is 246 Å². The molecule has 12 fully saturated rings. The molecule has 0 radical (unpaired) electrons. The lowest BCUT2D eigenvalue weighted by atomic mass is 9.87. The Hall–Kier alpha value is -3.12. The second-order valence-electron chi connectivity index (χ2n) is 51.8. The summed E-state index contributed by atoms with van der Waals surface area (Å²) in [4.78, 5) is 56.0. The molecule has 0 aliphatic carbocycles. The van der Waals surface area contributed by atoms with Crippen molar-refractivity contribution in [2.45, 2.75) is 472 Å². The highest BCUT2D eigenvalue weighted by Gasteiger charge is 2.34. The van der Waals surface area contributed by atoms with E-state index < -0.39 is 6.17 Å². The van der Waals surface area contributed by atoms with Crippen molar-refractivity contribution >= 4 is 17.9 Å². The molecule has 0 saturated carbocycles. The summed E-state index contributed by atoms with van der Waals surface area (Å²) in [6.07, 6.45) is 28.2. The Morgan fingerprint density at radius 3 is 0.993 bits per heavy atom. The quantitative estimate of drug-likeness (QED) is 0.121. The van der Waals surface area contributed by atoms with Crippen LogP contribution in [-0.4, -0.2) is 315 Å². The predicted octanol–water partition coefficient (Wildman–Crippen LogP) is 28.4. The zero-order valence-electron chi connectivity index (χ0n) is 105. The third-order valence-electron chi connectivity index (χ3n) is 32.7. The smallest absolute Gasteiger partial charge is 0.410 e. The molecule has 3 N–H and O–H groups in total. The largest absolute Gasteiger partial charge is 0.445 e. The van der Waals surface area contributed by atoms with E-state index in [2.05, 4.69) is 298 Å². The van der Waals surface area contributed by atoms with Crippen LogP contribution in [0.15, 0.2) is 30.3 Å². The summed E-state index contributed by atoms with van der Waals surface area (Å²) < 4.78 is 28.0. The molecule has 0 aromatic heterocycles. The van der Waals surface area contributed by atoms with E-state index in [0.29, 0.717) is 43.2 Å². The van der Waals surface area contributed by atoms with Gasteiger partial charge in [0.15, 0.2) is 0 Å². The van der Waals surface area contributed by atoms with Gasteiger partial charge in [-0.15, -0.1) is 0 Å². The fraction of sp³-hybridized carbons (Fsp3) is 0.929. The number of hydrogen-bond donors (Lipinski definition) is 3. The van der Waals surface area contributed by atoms with E-state index in [1.807, 2.05) is 76.8 Å². The Balaban J connectivity index is -0.000000750. The van der Waals surface area contributed by atoms with Gasteiger partial charge in [0.1, 0.15) is 12.8 Å². The first kappa shape index (κ1) is 150. The van der Waals surface area contributed by atoms with Gasteiger partial charge in [-0.3, -0.25) is 9.59 Å². The maximum Gasteiger partial charge on any atom is 0.410 e. The number of likely N-dealkylation sites (tertiary alicyclic amines) is 9. The highest BCUT2D eigenvalue weighted by atomic mass is 19.1. The lowest BCUT2D eigenvalue weighted by molar-refractivity contribution is -0.129. The van der Waals surface area contributed by atoms with Gasteiger partial charge in [0.05, 0.1) is 6.10 Å². The Kier molecular flexibility index (Phi) is 87.8. The van der Waals surface area contributed by atoms with E-state index in [0.717, 1.165) is 188 Å². The van der Waals surface area contributed by atoms with Crippen LogP contribution in [0.5, 0.6) is 0 Å². The van der Waals surface area contributed by atoms with E-state index in [-0.39, 0.29) is 38.8 Å². The van der Waals surface area contributed by atoms with Crippen molar-refractivity contribution in [3.05, 3.63) is 35.9 Å². The van der Waals surface area contributed by atoms with Crippen LogP contribution in [0, 0.1) is 118 Å². The number of amides is 3. The summed E-state index contributed by atoms with van der Waals surface area (Å²) in [5, 5.41) is 9.05. The zero-order chi connectivity index (χ0) is 111. The van der Waals surface area contributed by atoms with Crippen molar-refractivity contribution in [1.29, 1.82) is 0 Å². The van der Waals surface area contributed by atoms with E-state index in [4.69, 9.17) is 14.2 Å². The minimum atomic E-state index is -0.725. The van der Waals surface area contributed by atoms with Gasteiger partial charge in [-0.2, -0.15) is 0 Å². The van der Waals surface area contributed by atoms with Crippen LogP contribution in [-0.2, 0) is 30.4 Å². The molecule has 878 valence electrons. The van der Waals surface area contributed by atoms with Crippen molar-refractivity contribution in [2.24, 2.45) is 118 Å². The number of hydrogen-bond acceptors (Lipinski definition) is 16. The summed E-state index contributed by atoms with van der Waals surface area (Å²) in [7, 11) is 19.7. The number of carbonyl (C=O) groups excluding carboxylic acids is 3. The van der Waals surface area contributed by atoms with Gasteiger partial charge >= 0.3 is 6.09 Å². The molecule has 3 amide bonds. The average molecular weight is 2090 g/mol. The van der Waals surface area contributed by atoms with Gasteiger partial charge in [-0.25, -0.2) is 9.18 Å². The second-order valence-corrected chi connectivity index (χ2v) is 51.8. The van der Waals surface area contributed by atoms with Crippen LogP contribution < -0.4 is 16.0 Å². The number of benzene rings is 1. The highest BCUT2D eigenvalue weighted by molar-refractivity contribution is 5.73. The zero-order valence-corrected chi connectivity index (χ0v) is 105. The molecule has 1 aromatic rings. The van der Waals surface area contributed by atoms with Gasteiger partial charge in [0.2, 0.25) is 11.8 Å². The third kappa shape index (κ3) is 72.4. The molecule has 13 rings (SSSR count). The molecule has 12 aliphatic rings. The minimum Gasteiger partial charge on any atom is -0.445 e. The van der Waals surface area contributed by atoms with E-state index >= 15 is 0 Å². The third-order valence-corrected chi connectivity index (χ3v) is 32.7. The Morgan fingerprint density at radius 2 is 0.769 bits per heavy atom. The SMILES string of the molecule is C.C.CC(=O)N(C)C(C)C.CC(=O)NC(C)C.CC(C)C1CCCN(C(=O)OCc2ccccc2)C1.CC(C)C1CCCN(C)C1.CC(C)C1CCCN1C.CC(C)C1CCCNC1.CC(C)C1CCCO1.CC(C)C1CCN(C)CC1.CC(C)C1CCOCC1.CC(C)[C@@H]1CCCN1C.CC(C)[C@@H]1C[C@H](C)CN1C.CC(C)[C@H]1CCCN1C.CC(C)[C@H]1C[C@@H](C)CN1C.CC(F)CNC(C)C.CC1CC(C(C)C)N(C)C1. The van der Waals surface area contributed by atoms with E-state index in [1.165, 1.54) is 214 Å². The number of nitrogens with one attached hydrogen (secondary N) is 3. The van der Waals surface area contributed by atoms with Crippen LogP contribution in [0.3, 0.4) is 0 Å². The Labute approximate surface area is 918 Å². The molecule has 14 atom stereocenters. The molecular weight excluding hydrogens is 1820 g/mol. The molecule has 0 bridgehead atoms.